The third kappa shape index (κ3) is 8.37. The molecule has 2 rings (SSSR count). The molecule has 1 aliphatic rings. The van der Waals surface area contributed by atoms with Crippen molar-refractivity contribution in [3.63, 3.8) is 0 Å². The van der Waals surface area contributed by atoms with E-state index in [0.717, 1.165) is 49.5 Å². The van der Waals surface area contributed by atoms with Crippen LogP contribution in [0.15, 0.2) is 22.5 Å². The molecule has 1 amide bonds. The van der Waals surface area contributed by atoms with Crippen molar-refractivity contribution in [3.05, 3.63) is 22.4 Å². The Labute approximate surface area is 170 Å². The maximum atomic E-state index is 11.8. The molecular weight excluding hydrogens is 451 g/mol. The van der Waals surface area contributed by atoms with Crippen LogP contribution in [0, 0.1) is 0 Å². The van der Waals surface area contributed by atoms with Gasteiger partial charge in [0.15, 0.2) is 5.96 Å². The van der Waals surface area contributed by atoms with Gasteiger partial charge in [0.05, 0.1) is 11.0 Å². The van der Waals surface area contributed by atoms with Crippen molar-refractivity contribution in [1.82, 2.24) is 16.0 Å². The van der Waals surface area contributed by atoms with Crippen molar-refractivity contribution >= 4 is 47.2 Å². The van der Waals surface area contributed by atoms with Gasteiger partial charge in [-0.05, 0) is 50.5 Å². The number of halogens is 1. The number of thiophene rings is 1. The van der Waals surface area contributed by atoms with Gasteiger partial charge >= 0.3 is 0 Å². The summed E-state index contributed by atoms with van der Waals surface area (Å²) in [6.07, 6.45) is 4.31. The summed E-state index contributed by atoms with van der Waals surface area (Å²) < 4.78 is 0. The molecule has 1 aliphatic carbocycles. The smallest absolute Gasteiger partial charge is 0.261 e. The molecule has 4 N–H and O–H groups in total. The van der Waals surface area contributed by atoms with Crippen molar-refractivity contribution < 1.29 is 9.90 Å². The molecule has 0 aromatic carbocycles. The van der Waals surface area contributed by atoms with Crippen molar-refractivity contribution in [3.8, 4) is 0 Å². The Balaban J connectivity index is 0.00000312. The summed E-state index contributed by atoms with van der Waals surface area (Å²) in [5.74, 6) is 0.809. The molecule has 8 heteroatoms. The van der Waals surface area contributed by atoms with Crippen LogP contribution < -0.4 is 16.0 Å². The van der Waals surface area contributed by atoms with E-state index in [1.807, 2.05) is 24.4 Å². The molecule has 0 radical (unpaired) electrons. The number of guanidine groups is 1. The van der Waals surface area contributed by atoms with Crippen molar-refractivity contribution in [1.29, 1.82) is 0 Å². The molecule has 142 valence electrons. The van der Waals surface area contributed by atoms with Crippen molar-refractivity contribution in [2.24, 2.45) is 4.99 Å². The zero-order valence-electron chi connectivity index (χ0n) is 14.7. The molecule has 0 aliphatic heterocycles. The molecular formula is C17H29IN4O2S. The predicted molar refractivity (Wildman–Crippen MR) is 114 cm³/mol. The van der Waals surface area contributed by atoms with E-state index in [4.69, 9.17) is 0 Å². The van der Waals surface area contributed by atoms with Crippen LogP contribution in [0.25, 0.3) is 0 Å². The van der Waals surface area contributed by atoms with Crippen LogP contribution in [-0.2, 0) is 0 Å². The highest BCUT2D eigenvalue weighted by atomic mass is 127. The SMILES string of the molecule is CCNC(=NCCCNC(=O)c1cccs1)NC1CCC(O)CC1.I. The van der Waals surface area contributed by atoms with Crippen molar-refractivity contribution in [2.45, 2.75) is 51.2 Å². The summed E-state index contributed by atoms with van der Waals surface area (Å²) in [4.78, 5) is 17.1. The number of carbonyl (C=O) groups is 1. The van der Waals surface area contributed by atoms with Gasteiger partial charge in [-0.1, -0.05) is 6.07 Å². The van der Waals surface area contributed by atoms with E-state index in [1.54, 1.807) is 0 Å². The van der Waals surface area contributed by atoms with Gasteiger partial charge in [-0.2, -0.15) is 0 Å². The van der Waals surface area contributed by atoms with Crippen LogP contribution in [0.5, 0.6) is 0 Å². The molecule has 0 unspecified atom stereocenters. The Morgan fingerprint density at radius 3 is 2.72 bits per heavy atom. The average molecular weight is 480 g/mol. The predicted octanol–water partition coefficient (Wildman–Crippen LogP) is 2.34. The Bertz CT molecular complexity index is 517. The molecule has 6 nitrogen and oxygen atoms in total. The fraction of sp³-hybridized carbons (Fsp3) is 0.647. The third-order valence-corrected chi connectivity index (χ3v) is 4.89. The van der Waals surface area contributed by atoms with Gasteiger partial charge in [-0.15, -0.1) is 35.3 Å². The van der Waals surface area contributed by atoms with Crippen molar-refractivity contribution in [2.75, 3.05) is 19.6 Å². The normalized spacial score (nSPS) is 20.5. The van der Waals surface area contributed by atoms with E-state index in [9.17, 15) is 9.90 Å². The standard InChI is InChI=1S/C17H28N4O2S.HI/c1-2-18-17(21-13-6-8-14(22)9-7-13)20-11-4-10-19-16(23)15-5-3-12-24-15;/h3,5,12-14,22H,2,4,6-11H2,1H3,(H,19,23)(H2,18,20,21);1H. The molecule has 1 heterocycles. The van der Waals surface area contributed by atoms with Crippen LogP contribution in [0.3, 0.4) is 0 Å². The minimum Gasteiger partial charge on any atom is -0.393 e. The van der Waals surface area contributed by atoms with Crippen LogP contribution in [0.2, 0.25) is 0 Å². The molecule has 0 bridgehead atoms. The molecule has 1 fully saturated rings. The lowest BCUT2D eigenvalue weighted by atomic mass is 9.93. The highest BCUT2D eigenvalue weighted by Gasteiger charge is 2.19. The lowest BCUT2D eigenvalue weighted by Crippen LogP contribution is -2.45. The highest BCUT2D eigenvalue weighted by molar-refractivity contribution is 14.0. The largest absolute Gasteiger partial charge is 0.393 e. The summed E-state index contributed by atoms with van der Waals surface area (Å²) in [7, 11) is 0. The van der Waals surface area contributed by atoms with Gasteiger partial charge in [0.25, 0.3) is 5.91 Å². The lowest BCUT2D eigenvalue weighted by Gasteiger charge is -2.27. The number of nitrogens with zero attached hydrogens (tertiary/aromatic N) is 1. The number of carbonyl (C=O) groups excluding carboxylic acids is 1. The summed E-state index contributed by atoms with van der Waals surface area (Å²) in [6, 6.07) is 4.08. The molecule has 1 aromatic heterocycles. The van der Waals surface area contributed by atoms with Crippen LogP contribution in [0.4, 0.5) is 0 Å². The quantitative estimate of drug-likeness (QED) is 0.209. The van der Waals surface area contributed by atoms with Gasteiger partial charge in [0, 0.05) is 25.7 Å². The monoisotopic (exact) mass is 480 g/mol. The van der Waals surface area contributed by atoms with Gasteiger partial charge in [0.2, 0.25) is 0 Å². The number of aliphatic hydroxyl groups is 1. The Kier molecular flexibility index (Phi) is 11.1. The Morgan fingerprint density at radius 2 is 2.08 bits per heavy atom. The first-order valence-electron chi connectivity index (χ1n) is 8.73. The summed E-state index contributed by atoms with van der Waals surface area (Å²) >= 11 is 1.45. The van der Waals surface area contributed by atoms with E-state index in [1.165, 1.54) is 11.3 Å². The van der Waals surface area contributed by atoms with Gasteiger partial charge in [-0.3, -0.25) is 9.79 Å². The minimum absolute atomic E-state index is 0. The first-order chi connectivity index (χ1) is 11.7. The minimum atomic E-state index is -0.144. The summed E-state index contributed by atoms with van der Waals surface area (Å²) in [6.45, 7) is 4.14. The maximum absolute atomic E-state index is 11.8. The van der Waals surface area contributed by atoms with Gasteiger partial charge < -0.3 is 21.1 Å². The zero-order valence-corrected chi connectivity index (χ0v) is 17.8. The molecule has 0 spiro atoms. The van der Waals surface area contributed by atoms with Crippen LogP contribution in [0.1, 0.15) is 48.7 Å². The second-order valence-corrected chi connectivity index (χ2v) is 6.94. The van der Waals surface area contributed by atoms with E-state index in [0.29, 0.717) is 19.1 Å². The first-order valence-corrected chi connectivity index (χ1v) is 9.61. The Morgan fingerprint density at radius 1 is 1.32 bits per heavy atom. The maximum Gasteiger partial charge on any atom is 0.261 e. The number of amides is 1. The molecule has 0 saturated heterocycles. The molecule has 25 heavy (non-hydrogen) atoms. The fourth-order valence-electron chi connectivity index (χ4n) is 2.70. The fourth-order valence-corrected chi connectivity index (χ4v) is 3.34. The number of aliphatic hydroxyl groups excluding tert-OH is 1. The molecule has 1 saturated carbocycles. The summed E-state index contributed by atoms with van der Waals surface area (Å²) in [5, 5.41) is 21.1. The highest BCUT2D eigenvalue weighted by Crippen LogP contribution is 2.18. The average Bonchev–Trinajstić information content (AvgIpc) is 3.11. The number of aliphatic imine (C=N–C) groups is 1. The lowest BCUT2D eigenvalue weighted by molar-refractivity contribution is 0.0957. The molecule has 0 atom stereocenters. The Hall–Kier alpha value is -0.870. The second kappa shape index (κ2) is 12.5. The van der Waals surface area contributed by atoms with Gasteiger partial charge in [0.1, 0.15) is 0 Å². The second-order valence-electron chi connectivity index (χ2n) is 6.00. The number of rotatable bonds is 7. The van der Waals surface area contributed by atoms with E-state index in [-0.39, 0.29) is 36.0 Å². The number of hydrogen-bond donors (Lipinski definition) is 4. The van der Waals surface area contributed by atoms with Crippen LogP contribution in [-0.4, -0.2) is 48.8 Å². The molecule has 1 aromatic rings. The topological polar surface area (TPSA) is 85.8 Å². The summed E-state index contributed by atoms with van der Waals surface area (Å²) in [5.41, 5.74) is 0. The first kappa shape index (κ1) is 22.2. The number of hydrogen-bond acceptors (Lipinski definition) is 4. The van der Waals surface area contributed by atoms with Gasteiger partial charge in [-0.25, -0.2) is 0 Å². The number of nitrogens with one attached hydrogen (secondary N) is 3. The van der Waals surface area contributed by atoms with Crippen LogP contribution >= 0.6 is 35.3 Å². The van der Waals surface area contributed by atoms with E-state index in [2.05, 4.69) is 20.9 Å². The zero-order chi connectivity index (χ0) is 17.2. The van der Waals surface area contributed by atoms with E-state index < -0.39 is 0 Å². The van der Waals surface area contributed by atoms with E-state index >= 15 is 0 Å². The third-order valence-electron chi connectivity index (χ3n) is 4.02.